The van der Waals surface area contributed by atoms with E-state index < -0.39 is 0 Å². The topological polar surface area (TPSA) is 55.2 Å². The zero-order valence-electron chi connectivity index (χ0n) is 13.7. The number of hydrogen-bond acceptors (Lipinski definition) is 3. The van der Waals surface area contributed by atoms with E-state index >= 15 is 0 Å². The Hall–Kier alpha value is -2.14. The van der Waals surface area contributed by atoms with Gasteiger partial charge in [0.25, 0.3) is 5.56 Å². The third-order valence-electron chi connectivity index (χ3n) is 4.32. The molecule has 0 spiro atoms. The van der Waals surface area contributed by atoms with Crippen LogP contribution in [-0.4, -0.2) is 26.9 Å². The predicted octanol–water partition coefficient (Wildman–Crippen LogP) is 3.36. The molecule has 2 aromatic rings. The Balaban J connectivity index is 1.88. The van der Waals surface area contributed by atoms with Gasteiger partial charge >= 0.3 is 0 Å². The molecule has 0 bridgehead atoms. The van der Waals surface area contributed by atoms with Crippen molar-refractivity contribution in [3.05, 3.63) is 51.7 Å². The fourth-order valence-electron chi connectivity index (χ4n) is 3.08. The first kappa shape index (κ1) is 16.7. The number of nitrogens with zero attached hydrogens (tertiary/aromatic N) is 3. The molecule has 0 saturated heterocycles. The average Bonchev–Trinajstić information content (AvgIpc) is 2.59. The lowest BCUT2D eigenvalue weighted by Crippen LogP contribution is -2.36. The van der Waals surface area contributed by atoms with Gasteiger partial charge in [0.15, 0.2) is 0 Å². The number of fused-ring (bicyclic) bond motifs is 1. The summed E-state index contributed by atoms with van der Waals surface area (Å²) in [5, 5.41) is 0.908. The van der Waals surface area contributed by atoms with Crippen LogP contribution in [0, 0.1) is 0 Å². The lowest BCUT2D eigenvalue weighted by atomic mass is 10.0. The number of carbonyl (C=O) groups is 1. The molecule has 0 radical (unpaired) electrons. The van der Waals surface area contributed by atoms with E-state index in [0.29, 0.717) is 22.5 Å². The molecule has 1 aliphatic rings. The van der Waals surface area contributed by atoms with Gasteiger partial charge < -0.3 is 4.90 Å². The van der Waals surface area contributed by atoms with Gasteiger partial charge in [-0.05, 0) is 50.8 Å². The molecule has 1 aromatic heterocycles. The second-order valence-corrected chi connectivity index (χ2v) is 6.35. The van der Waals surface area contributed by atoms with Crippen LogP contribution in [0.4, 0.5) is 0 Å². The van der Waals surface area contributed by atoms with E-state index in [1.54, 1.807) is 23.1 Å². The van der Waals surface area contributed by atoms with Crippen molar-refractivity contribution >= 4 is 28.4 Å². The SMILES string of the molecule is CCN(C(=O)Cn1cnc2ccc(Cl)cc2c1=O)C1=CCCCC1. The Morgan fingerprint density at radius 2 is 2.21 bits per heavy atom. The van der Waals surface area contributed by atoms with Crippen LogP contribution in [0.1, 0.15) is 32.6 Å². The van der Waals surface area contributed by atoms with E-state index in [0.717, 1.165) is 25.0 Å². The highest BCUT2D eigenvalue weighted by Crippen LogP contribution is 2.21. The van der Waals surface area contributed by atoms with Crippen LogP contribution in [0.25, 0.3) is 10.9 Å². The zero-order chi connectivity index (χ0) is 17.1. The molecule has 0 unspecified atom stereocenters. The molecule has 1 aromatic carbocycles. The van der Waals surface area contributed by atoms with Crippen LogP contribution in [0.15, 0.2) is 41.1 Å². The van der Waals surface area contributed by atoms with Crippen LogP contribution in [0.2, 0.25) is 5.02 Å². The molecular formula is C18H20ClN3O2. The predicted molar refractivity (Wildman–Crippen MR) is 95.0 cm³/mol. The fourth-order valence-corrected chi connectivity index (χ4v) is 3.25. The van der Waals surface area contributed by atoms with E-state index in [1.807, 2.05) is 6.92 Å². The minimum atomic E-state index is -0.246. The standard InChI is InChI=1S/C18H20ClN3O2/c1-2-22(14-6-4-3-5-7-14)17(23)11-21-12-20-16-9-8-13(19)10-15(16)18(21)24/h6,8-10,12H,2-5,7,11H2,1H3. The van der Waals surface area contributed by atoms with Gasteiger partial charge in [-0.1, -0.05) is 17.7 Å². The van der Waals surface area contributed by atoms with E-state index in [4.69, 9.17) is 11.6 Å². The zero-order valence-corrected chi connectivity index (χ0v) is 14.4. The van der Waals surface area contributed by atoms with Crippen LogP contribution in [0.5, 0.6) is 0 Å². The van der Waals surface area contributed by atoms with E-state index in [-0.39, 0.29) is 18.0 Å². The van der Waals surface area contributed by atoms with Crippen LogP contribution in [0.3, 0.4) is 0 Å². The van der Waals surface area contributed by atoms with Crippen molar-refractivity contribution in [2.24, 2.45) is 0 Å². The molecule has 5 nitrogen and oxygen atoms in total. The summed E-state index contributed by atoms with van der Waals surface area (Å²) in [6.07, 6.45) is 7.76. The summed E-state index contributed by atoms with van der Waals surface area (Å²) in [5.41, 5.74) is 1.40. The lowest BCUT2D eigenvalue weighted by Gasteiger charge is -2.26. The highest BCUT2D eigenvalue weighted by Gasteiger charge is 2.19. The van der Waals surface area contributed by atoms with Crippen molar-refractivity contribution in [1.82, 2.24) is 14.5 Å². The molecule has 126 valence electrons. The summed E-state index contributed by atoms with van der Waals surface area (Å²) < 4.78 is 1.35. The second kappa shape index (κ2) is 7.18. The number of allylic oxidation sites excluding steroid dienone is 2. The Morgan fingerprint density at radius 1 is 1.38 bits per heavy atom. The molecule has 1 heterocycles. The highest BCUT2D eigenvalue weighted by molar-refractivity contribution is 6.31. The smallest absolute Gasteiger partial charge is 0.261 e. The number of rotatable bonds is 4. The molecule has 24 heavy (non-hydrogen) atoms. The number of carbonyl (C=O) groups excluding carboxylic acids is 1. The summed E-state index contributed by atoms with van der Waals surface area (Å²) in [6.45, 7) is 2.54. The quantitative estimate of drug-likeness (QED) is 0.853. The van der Waals surface area contributed by atoms with Gasteiger partial charge in [0.05, 0.1) is 17.2 Å². The van der Waals surface area contributed by atoms with E-state index in [2.05, 4.69) is 11.1 Å². The van der Waals surface area contributed by atoms with Gasteiger partial charge in [-0.2, -0.15) is 0 Å². The van der Waals surface area contributed by atoms with Crippen molar-refractivity contribution in [3.8, 4) is 0 Å². The normalized spacial score (nSPS) is 14.5. The third-order valence-corrected chi connectivity index (χ3v) is 4.56. The number of hydrogen-bond donors (Lipinski definition) is 0. The van der Waals surface area contributed by atoms with Crippen molar-refractivity contribution in [3.63, 3.8) is 0 Å². The summed E-state index contributed by atoms with van der Waals surface area (Å²) >= 11 is 5.96. The Morgan fingerprint density at radius 3 is 2.92 bits per heavy atom. The first-order chi connectivity index (χ1) is 11.6. The largest absolute Gasteiger partial charge is 0.315 e. The molecular weight excluding hydrogens is 326 g/mol. The van der Waals surface area contributed by atoms with E-state index in [9.17, 15) is 9.59 Å². The molecule has 6 heteroatoms. The molecule has 0 aliphatic heterocycles. The van der Waals surface area contributed by atoms with Gasteiger partial charge in [0.1, 0.15) is 6.54 Å². The van der Waals surface area contributed by atoms with Gasteiger partial charge in [0, 0.05) is 17.3 Å². The Bertz CT molecular complexity index is 857. The molecule has 0 atom stereocenters. The first-order valence-corrected chi connectivity index (χ1v) is 8.62. The Kier molecular flexibility index (Phi) is 5.00. The molecule has 1 amide bonds. The molecule has 0 saturated carbocycles. The summed E-state index contributed by atoms with van der Waals surface area (Å²) in [6, 6.07) is 4.99. The van der Waals surface area contributed by atoms with Crippen LogP contribution in [-0.2, 0) is 11.3 Å². The maximum atomic E-state index is 12.7. The van der Waals surface area contributed by atoms with Gasteiger partial charge in [-0.15, -0.1) is 0 Å². The lowest BCUT2D eigenvalue weighted by molar-refractivity contribution is -0.130. The van der Waals surface area contributed by atoms with Gasteiger partial charge in [-0.25, -0.2) is 4.98 Å². The van der Waals surface area contributed by atoms with Crippen molar-refractivity contribution in [1.29, 1.82) is 0 Å². The number of halogens is 1. The van der Waals surface area contributed by atoms with Crippen molar-refractivity contribution < 1.29 is 4.79 Å². The monoisotopic (exact) mass is 345 g/mol. The average molecular weight is 346 g/mol. The first-order valence-electron chi connectivity index (χ1n) is 8.24. The molecule has 0 N–H and O–H groups in total. The summed E-state index contributed by atoms with van der Waals surface area (Å²) in [7, 11) is 0. The maximum Gasteiger partial charge on any atom is 0.261 e. The maximum absolute atomic E-state index is 12.7. The number of aromatic nitrogens is 2. The minimum Gasteiger partial charge on any atom is -0.315 e. The number of amides is 1. The highest BCUT2D eigenvalue weighted by atomic mass is 35.5. The fraction of sp³-hybridized carbons (Fsp3) is 0.389. The van der Waals surface area contributed by atoms with Gasteiger partial charge in [0.2, 0.25) is 5.91 Å². The minimum absolute atomic E-state index is 0.0144. The molecule has 1 aliphatic carbocycles. The van der Waals surface area contributed by atoms with E-state index in [1.165, 1.54) is 17.3 Å². The van der Waals surface area contributed by atoms with Crippen molar-refractivity contribution in [2.75, 3.05) is 6.54 Å². The number of benzene rings is 1. The third kappa shape index (κ3) is 3.36. The van der Waals surface area contributed by atoms with Crippen LogP contribution >= 0.6 is 11.6 Å². The Labute approximate surface area is 145 Å². The molecule has 3 rings (SSSR count). The second-order valence-electron chi connectivity index (χ2n) is 5.92. The van der Waals surface area contributed by atoms with Crippen molar-refractivity contribution in [2.45, 2.75) is 39.2 Å². The summed E-state index contributed by atoms with van der Waals surface area (Å²) in [4.78, 5) is 31.3. The molecule has 0 fully saturated rings. The van der Waals surface area contributed by atoms with Crippen LogP contribution < -0.4 is 5.56 Å². The van der Waals surface area contributed by atoms with Gasteiger partial charge in [-0.3, -0.25) is 14.2 Å². The number of likely N-dealkylation sites (N-methyl/N-ethyl adjacent to an activating group) is 1. The summed E-state index contributed by atoms with van der Waals surface area (Å²) in [5.74, 6) is -0.0871.